The molecule has 0 amide bonds. The number of hydrogen-bond acceptors (Lipinski definition) is 4. The summed E-state index contributed by atoms with van der Waals surface area (Å²) in [5.74, 6) is 2.18. The summed E-state index contributed by atoms with van der Waals surface area (Å²) < 4.78 is 0. The zero-order valence-corrected chi connectivity index (χ0v) is 19.5. The van der Waals surface area contributed by atoms with E-state index in [2.05, 4.69) is 19.3 Å². The van der Waals surface area contributed by atoms with Crippen molar-refractivity contribution in [2.45, 2.75) is 96.1 Å². The number of ketones is 2. The summed E-state index contributed by atoms with van der Waals surface area (Å²) in [7, 11) is 2.07. The van der Waals surface area contributed by atoms with Gasteiger partial charge in [-0.15, -0.1) is 0 Å². The quantitative estimate of drug-likeness (QED) is 0.698. The lowest BCUT2D eigenvalue weighted by Crippen LogP contribution is -2.56. The first kappa shape index (κ1) is 21.6. The van der Waals surface area contributed by atoms with Crippen molar-refractivity contribution in [3.8, 4) is 0 Å². The molecule has 2 N–H and O–H groups in total. The molecule has 0 aliphatic heterocycles. The first-order valence-corrected chi connectivity index (χ1v) is 12.7. The Morgan fingerprint density at radius 3 is 2.48 bits per heavy atom. The van der Waals surface area contributed by atoms with Crippen LogP contribution in [0.4, 0.5) is 0 Å². The largest absolute Gasteiger partial charge is 0.382 e. The molecule has 4 heteroatoms. The lowest BCUT2D eigenvalue weighted by molar-refractivity contribution is -0.155. The highest BCUT2D eigenvalue weighted by Crippen LogP contribution is 2.66. The molecule has 5 atom stereocenters. The summed E-state index contributed by atoms with van der Waals surface area (Å²) >= 11 is 0. The molecular formula is C27H39NO3. The van der Waals surface area contributed by atoms with Crippen molar-refractivity contribution in [1.29, 1.82) is 0 Å². The molecule has 3 unspecified atom stereocenters. The van der Waals surface area contributed by atoms with Crippen LogP contribution >= 0.6 is 0 Å². The van der Waals surface area contributed by atoms with Crippen molar-refractivity contribution in [3.63, 3.8) is 0 Å². The van der Waals surface area contributed by atoms with Crippen LogP contribution in [0.15, 0.2) is 22.8 Å². The van der Waals surface area contributed by atoms with Crippen molar-refractivity contribution >= 4 is 11.6 Å². The number of fused-ring (bicyclic) bond motifs is 4. The fourth-order valence-electron chi connectivity index (χ4n) is 8.54. The number of carbonyl (C=O) groups excluding carboxylic acids is 2. The Kier molecular flexibility index (Phi) is 5.33. The average molecular weight is 426 g/mol. The monoisotopic (exact) mass is 425 g/mol. The molecule has 170 valence electrons. The maximum atomic E-state index is 12.7. The number of carbonyl (C=O) groups is 2. The number of hydrogen-bond donors (Lipinski definition) is 2. The molecule has 3 saturated carbocycles. The zero-order valence-electron chi connectivity index (χ0n) is 19.5. The van der Waals surface area contributed by atoms with Crippen molar-refractivity contribution in [2.24, 2.45) is 29.1 Å². The third-order valence-corrected chi connectivity index (χ3v) is 10.3. The second-order valence-electron chi connectivity index (χ2n) is 11.4. The lowest BCUT2D eigenvalue weighted by atomic mass is 9.49. The van der Waals surface area contributed by atoms with Gasteiger partial charge in [0.05, 0.1) is 0 Å². The van der Waals surface area contributed by atoms with E-state index in [-0.39, 0.29) is 17.0 Å². The van der Waals surface area contributed by atoms with Gasteiger partial charge in [-0.3, -0.25) is 9.59 Å². The number of allylic oxidation sites excluding steroid dienone is 4. The van der Waals surface area contributed by atoms with E-state index in [0.29, 0.717) is 42.6 Å². The van der Waals surface area contributed by atoms with Crippen molar-refractivity contribution in [1.82, 2.24) is 5.32 Å². The number of rotatable bonds is 3. The van der Waals surface area contributed by atoms with Gasteiger partial charge in [0.25, 0.3) is 0 Å². The minimum atomic E-state index is -1.17. The molecule has 0 bridgehead atoms. The van der Waals surface area contributed by atoms with Crippen LogP contribution in [0, 0.1) is 29.1 Å². The van der Waals surface area contributed by atoms with Crippen molar-refractivity contribution in [3.05, 3.63) is 22.8 Å². The van der Waals surface area contributed by atoms with E-state index in [0.717, 1.165) is 32.1 Å². The number of aliphatic hydroxyl groups is 1. The third-order valence-electron chi connectivity index (χ3n) is 10.3. The van der Waals surface area contributed by atoms with Gasteiger partial charge in [0.2, 0.25) is 0 Å². The smallest absolute Gasteiger partial charge is 0.161 e. The second-order valence-corrected chi connectivity index (χ2v) is 11.4. The Morgan fingerprint density at radius 2 is 1.81 bits per heavy atom. The van der Waals surface area contributed by atoms with Gasteiger partial charge in [-0.2, -0.15) is 0 Å². The molecule has 0 radical (unpaired) electrons. The van der Waals surface area contributed by atoms with Crippen molar-refractivity contribution in [2.75, 3.05) is 7.05 Å². The van der Waals surface area contributed by atoms with Gasteiger partial charge >= 0.3 is 0 Å². The number of Topliss-reactive ketones (excluding diaryl/α,β-unsaturated/α-hetero) is 1. The second kappa shape index (κ2) is 7.66. The highest BCUT2D eigenvalue weighted by molar-refractivity contribution is 5.93. The molecule has 0 spiro atoms. The lowest BCUT2D eigenvalue weighted by Gasteiger charge is -2.56. The van der Waals surface area contributed by atoms with Gasteiger partial charge in [0.1, 0.15) is 5.60 Å². The molecule has 5 aliphatic carbocycles. The Bertz CT molecular complexity index is 849. The minimum absolute atomic E-state index is 0.0362. The molecule has 0 aromatic carbocycles. The Balaban J connectivity index is 1.59. The highest BCUT2D eigenvalue weighted by atomic mass is 16.3. The SMILES string of the molecule is CNC1CCC(C2C[C@@]3(C)C(CC[C@]3(O)C(C)=O)C3CCC4=CC(=O)CCC4=C23)CC1. The highest BCUT2D eigenvalue weighted by Gasteiger charge is 2.65. The van der Waals surface area contributed by atoms with Crippen LogP contribution in [-0.4, -0.2) is 35.4 Å². The van der Waals surface area contributed by atoms with E-state index in [1.807, 2.05) is 6.08 Å². The van der Waals surface area contributed by atoms with Gasteiger partial charge in [0.15, 0.2) is 11.6 Å². The molecule has 0 aromatic rings. The fourth-order valence-corrected chi connectivity index (χ4v) is 8.54. The fraction of sp³-hybridized carbons (Fsp3) is 0.778. The standard InChI is InChI=1S/C27H39NO3/c1-16(29)27(31)13-12-24-22-10-6-18-14-20(30)9-11-21(18)25(22)23(15-26(24,27)2)17-4-7-19(28-3)8-5-17/h14,17,19,22-24,28,31H,4-13,15H2,1-3H3/t17?,19?,22?,23?,24?,26-,27-/m0/s1. The van der Waals surface area contributed by atoms with Crippen LogP contribution in [0.25, 0.3) is 0 Å². The van der Waals surface area contributed by atoms with Crippen LogP contribution in [-0.2, 0) is 9.59 Å². The molecule has 0 aromatic heterocycles. The van der Waals surface area contributed by atoms with E-state index < -0.39 is 5.60 Å². The third kappa shape index (κ3) is 3.15. The van der Waals surface area contributed by atoms with Crippen LogP contribution in [0.2, 0.25) is 0 Å². The summed E-state index contributed by atoms with van der Waals surface area (Å²) in [5.41, 5.74) is 2.95. The number of nitrogens with one attached hydrogen (secondary N) is 1. The molecule has 4 nitrogen and oxygen atoms in total. The Labute approximate surface area is 186 Å². The van der Waals surface area contributed by atoms with Crippen LogP contribution < -0.4 is 5.32 Å². The zero-order chi connectivity index (χ0) is 22.0. The van der Waals surface area contributed by atoms with Crippen LogP contribution in [0.1, 0.15) is 84.5 Å². The van der Waals surface area contributed by atoms with Gasteiger partial charge in [-0.1, -0.05) is 12.5 Å². The van der Waals surface area contributed by atoms with E-state index in [9.17, 15) is 14.7 Å². The van der Waals surface area contributed by atoms with E-state index >= 15 is 0 Å². The topological polar surface area (TPSA) is 66.4 Å². The molecular weight excluding hydrogens is 386 g/mol. The first-order chi connectivity index (χ1) is 14.8. The van der Waals surface area contributed by atoms with Gasteiger partial charge in [0, 0.05) is 17.9 Å². The van der Waals surface area contributed by atoms with Crippen LogP contribution in [0.5, 0.6) is 0 Å². The maximum absolute atomic E-state index is 12.7. The van der Waals surface area contributed by atoms with Gasteiger partial charge in [-0.05, 0) is 119 Å². The summed E-state index contributed by atoms with van der Waals surface area (Å²) in [6, 6.07) is 0.617. The summed E-state index contributed by atoms with van der Waals surface area (Å²) in [5, 5.41) is 15.1. The predicted octanol–water partition coefficient (Wildman–Crippen LogP) is 4.52. The maximum Gasteiger partial charge on any atom is 0.161 e. The molecule has 5 aliphatic rings. The predicted molar refractivity (Wildman–Crippen MR) is 121 cm³/mol. The van der Waals surface area contributed by atoms with E-state index in [1.165, 1.54) is 36.8 Å². The molecule has 31 heavy (non-hydrogen) atoms. The first-order valence-electron chi connectivity index (χ1n) is 12.7. The van der Waals surface area contributed by atoms with E-state index in [1.54, 1.807) is 12.5 Å². The summed E-state index contributed by atoms with van der Waals surface area (Å²) in [6.45, 7) is 3.83. The normalized spacial score (nSPS) is 45.0. The summed E-state index contributed by atoms with van der Waals surface area (Å²) in [4.78, 5) is 24.8. The Hall–Kier alpha value is -1.26. The van der Waals surface area contributed by atoms with Gasteiger partial charge < -0.3 is 10.4 Å². The van der Waals surface area contributed by atoms with Crippen molar-refractivity contribution < 1.29 is 14.7 Å². The molecule has 0 saturated heterocycles. The molecule has 5 rings (SSSR count). The Morgan fingerprint density at radius 1 is 1.06 bits per heavy atom. The van der Waals surface area contributed by atoms with Crippen LogP contribution in [0.3, 0.4) is 0 Å². The average Bonchev–Trinajstić information content (AvgIpc) is 3.04. The molecule has 3 fully saturated rings. The van der Waals surface area contributed by atoms with E-state index in [4.69, 9.17) is 0 Å². The molecule has 0 heterocycles. The van der Waals surface area contributed by atoms with Gasteiger partial charge in [-0.25, -0.2) is 0 Å². The summed E-state index contributed by atoms with van der Waals surface area (Å²) in [6.07, 6.45) is 12.9. The minimum Gasteiger partial charge on any atom is -0.382 e.